The maximum atomic E-state index is 12.9. The second-order valence-electron chi connectivity index (χ2n) is 8.10. The number of nitrogens with zero attached hydrogens (tertiary/aromatic N) is 7. The van der Waals surface area contributed by atoms with E-state index < -0.39 is 17.7 Å². The average Bonchev–Trinajstić information content (AvgIpc) is 3.31. The summed E-state index contributed by atoms with van der Waals surface area (Å²) in [5.41, 5.74) is 0.948. The van der Waals surface area contributed by atoms with Gasteiger partial charge in [-0.05, 0) is 36.4 Å². The van der Waals surface area contributed by atoms with Crippen molar-refractivity contribution in [1.29, 1.82) is 0 Å². The lowest BCUT2D eigenvalue weighted by Gasteiger charge is -2.36. The summed E-state index contributed by atoms with van der Waals surface area (Å²) in [4.78, 5) is 33.9. The Kier molecular flexibility index (Phi) is 6.04. The van der Waals surface area contributed by atoms with Crippen LogP contribution in [0.15, 0.2) is 65.7 Å². The van der Waals surface area contributed by atoms with Gasteiger partial charge in [0.25, 0.3) is 5.56 Å². The molecule has 36 heavy (non-hydrogen) atoms. The Morgan fingerprint density at radius 1 is 0.944 bits per heavy atom. The van der Waals surface area contributed by atoms with Crippen LogP contribution >= 0.6 is 0 Å². The Balaban J connectivity index is 1.28. The number of anilines is 1. The molecule has 186 valence electrons. The fraction of sp³-hybridized carbons (Fsp3) is 0.261. The average molecular weight is 499 g/mol. The van der Waals surface area contributed by atoms with E-state index in [1.165, 1.54) is 27.7 Å². The highest BCUT2D eigenvalue weighted by Crippen LogP contribution is 2.24. The van der Waals surface area contributed by atoms with Crippen molar-refractivity contribution >= 4 is 22.8 Å². The summed E-state index contributed by atoms with van der Waals surface area (Å²) in [6.45, 7) is 2.24. The first kappa shape index (κ1) is 23.3. The lowest BCUT2D eigenvalue weighted by molar-refractivity contribution is -0.274. The number of piperazine rings is 1. The Hall–Kier alpha value is -4.42. The first-order chi connectivity index (χ1) is 17.3. The van der Waals surface area contributed by atoms with Gasteiger partial charge in [-0.1, -0.05) is 23.4 Å². The van der Waals surface area contributed by atoms with Crippen molar-refractivity contribution in [3.05, 3.63) is 71.3 Å². The Morgan fingerprint density at radius 2 is 1.64 bits per heavy atom. The number of carbonyl (C=O) groups is 1. The van der Waals surface area contributed by atoms with E-state index in [9.17, 15) is 22.8 Å². The van der Waals surface area contributed by atoms with Gasteiger partial charge in [0.1, 0.15) is 18.6 Å². The molecule has 1 fully saturated rings. The molecule has 0 unspecified atom stereocenters. The summed E-state index contributed by atoms with van der Waals surface area (Å²) in [7, 11) is 0. The number of alkyl halides is 3. The molecule has 0 saturated carbocycles. The van der Waals surface area contributed by atoms with E-state index in [1.54, 1.807) is 4.90 Å². The molecule has 0 atom stereocenters. The molecule has 1 amide bonds. The van der Waals surface area contributed by atoms with Gasteiger partial charge in [0.05, 0.1) is 5.69 Å². The number of para-hydroxylation sites is 1. The van der Waals surface area contributed by atoms with E-state index in [4.69, 9.17) is 0 Å². The fourth-order valence-electron chi connectivity index (χ4n) is 4.02. The molecule has 0 radical (unpaired) electrons. The van der Waals surface area contributed by atoms with Crippen molar-refractivity contribution < 1.29 is 22.7 Å². The predicted octanol–water partition coefficient (Wildman–Crippen LogP) is 2.22. The second kappa shape index (κ2) is 9.32. The number of hydrogen-bond donors (Lipinski definition) is 0. The van der Waals surface area contributed by atoms with Crippen LogP contribution in [0.25, 0.3) is 16.9 Å². The van der Waals surface area contributed by atoms with Gasteiger partial charge in [-0.2, -0.15) is 4.68 Å². The number of ether oxygens (including phenoxy) is 1. The summed E-state index contributed by atoms with van der Waals surface area (Å²) in [6, 6.07) is 14.8. The minimum atomic E-state index is -4.80. The van der Waals surface area contributed by atoms with Crippen LogP contribution in [-0.2, 0) is 11.3 Å². The first-order valence-corrected chi connectivity index (χ1v) is 11.0. The van der Waals surface area contributed by atoms with E-state index in [-0.39, 0.29) is 23.6 Å². The highest BCUT2D eigenvalue weighted by molar-refractivity contribution is 5.77. The van der Waals surface area contributed by atoms with Gasteiger partial charge in [0.2, 0.25) is 5.91 Å². The lowest BCUT2D eigenvalue weighted by Crippen LogP contribution is -2.50. The number of rotatable bonds is 5. The quantitative estimate of drug-likeness (QED) is 0.415. The topological polar surface area (TPSA) is 98.4 Å². The van der Waals surface area contributed by atoms with Crippen LogP contribution in [0.4, 0.5) is 18.9 Å². The van der Waals surface area contributed by atoms with E-state index in [0.29, 0.717) is 31.9 Å². The monoisotopic (exact) mass is 499 g/mol. The zero-order chi connectivity index (χ0) is 25.3. The van der Waals surface area contributed by atoms with Crippen LogP contribution in [-0.4, -0.2) is 67.9 Å². The van der Waals surface area contributed by atoms with Gasteiger partial charge in [-0.25, -0.2) is 4.98 Å². The molecule has 1 aliphatic heterocycles. The summed E-state index contributed by atoms with van der Waals surface area (Å²) in [6.07, 6.45) is -3.56. The summed E-state index contributed by atoms with van der Waals surface area (Å²) in [5.74, 6) is -0.604. The van der Waals surface area contributed by atoms with Crippen molar-refractivity contribution in [2.24, 2.45) is 0 Å². The lowest BCUT2D eigenvalue weighted by atomic mass is 10.2. The molecule has 2 aromatic heterocycles. The zero-order valence-corrected chi connectivity index (χ0v) is 18.8. The maximum Gasteiger partial charge on any atom is 0.573 e. The van der Waals surface area contributed by atoms with Crippen LogP contribution in [0, 0.1) is 0 Å². The first-order valence-electron chi connectivity index (χ1n) is 11.0. The SMILES string of the molecule is O=C(Cn1cnc2c(nnn2-c2ccc(OC(F)(F)F)cc2)c1=O)N1CCN(c2ccccc2)CC1. The second-order valence-corrected chi connectivity index (χ2v) is 8.10. The van der Waals surface area contributed by atoms with Crippen molar-refractivity contribution in [1.82, 2.24) is 29.4 Å². The smallest absolute Gasteiger partial charge is 0.406 e. The van der Waals surface area contributed by atoms with Crippen molar-refractivity contribution in [2.75, 3.05) is 31.1 Å². The van der Waals surface area contributed by atoms with E-state index in [0.717, 1.165) is 17.8 Å². The third kappa shape index (κ3) is 4.85. The standard InChI is InChI=1S/C23H20F3N7O3/c24-23(25,26)36-18-8-6-17(7-9-18)33-21-20(28-29-33)22(35)32(15-27-21)14-19(34)31-12-10-30(11-13-31)16-4-2-1-3-5-16/h1-9,15H,10-14H2. The van der Waals surface area contributed by atoms with E-state index >= 15 is 0 Å². The summed E-state index contributed by atoms with van der Waals surface area (Å²) in [5, 5.41) is 7.78. The van der Waals surface area contributed by atoms with Crippen LogP contribution in [0.1, 0.15) is 0 Å². The number of carbonyl (C=O) groups excluding carboxylic acids is 1. The third-order valence-electron chi connectivity index (χ3n) is 5.80. The van der Waals surface area contributed by atoms with E-state index in [2.05, 4.69) is 24.9 Å². The number of benzene rings is 2. The highest BCUT2D eigenvalue weighted by Gasteiger charge is 2.31. The number of halogens is 3. The minimum absolute atomic E-state index is 0.0604. The zero-order valence-electron chi connectivity index (χ0n) is 18.8. The predicted molar refractivity (Wildman–Crippen MR) is 123 cm³/mol. The minimum Gasteiger partial charge on any atom is -0.406 e. The Bertz CT molecular complexity index is 1430. The molecule has 2 aromatic carbocycles. The molecular formula is C23H20F3N7O3. The van der Waals surface area contributed by atoms with Gasteiger partial charge < -0.3 is 14.5 Å². The number of amides is 1. The molecule has 10 nitrogen and oxygen atoms in total. The summed E-state index contributed by atoms with van der Waals surface area (Å²) >= 11 is 0. The Morgan fingerprint density at radius 3 is 2.31 bits per heavy atom. The summed E-state index contributed by atoms with van der Waals surface area (Å²) < 4.78 is 43.4. The largest absolute Gasteiger partial charge is 0.573 e. The molecule has 4 aromatic rings. The molecule has 1 saturated heterocycles. The van der Waals surface area contributed by atoms with Crippen LogP contribution in [0.5, 0.6) is 5.75 Å². The van der Waals surface area contributed by atoms with Gasteiger partial charge in [-0.15, -0.1) is 18.3 Å². The molecule has 3 heterocycles. The molecule has 0 N–H and O–H groups in total. The third-order valence-corrected chi connectivity index (χ3v) is 5.80. The van der Waals surface area contributed by atoms with Gasteiger partial charge in [-0.3, -0.25) is 14.2 Å². The van der Waals surface area contributed by atoms with Crippen LogP contribution in [0.2, 0.25) is 0 Å². The Labute approximate surface area is 202 Å². The van der Waals surface area contributed by atoms with Gasteiger partial charge >= 0.3 is 6.36 Å². The molecule has 1 aliphatic rings. The van der Waals surface area contributed by atoms with E-state index in [1.807, 2.05) is 30.3 Å². The van der Waals surface area contributed by atoms with Crippen molar-refractivity contribution in [3.63, 3.8) is 0 Å². The van der Waals surface area contributed by atoms with Crippen molar-refractivity contribution in [3.8, 4) is 11.4 Å². The maximum absolute atomic E-state index is 12.9. The van der Waals surface area contributed by atoms with Gasteiger partial charge in [0.15, 0.2) is 11.2 Å². The van der Waals surface area contributed by atoms with Crippen LogP contribution in [0.3, 0.4) is 0 Å². The molecule has 0 bridgehead atoms. The normalized spacial score (nSPS) is 14.3. The number of aromatic nitrogens is 5. The molecular weight excluding hydrogens is 479 g/mol. The van der Waals surface area contributed by atoms with Crippen molar-refractivity contribution in [2.45, 2.75) is 12.9 Å². The van der Waals surface area contributed by atoms with Crippen LogP contribution < -0.4 is 15.2 Å². The van der Waals surface area contributed by atoms with Gasteiger partial charge in [0, 0.05) is 31.9 Å². The number of hydrogen-bond acceptors (Lipinski definition) is 7. The fourth-order valence-corrected chi connectivity index (χ4v) is 4.02. The molecule has 0 aliphatic carbocycles. The molecule has 13 heteroatoms. The number of fused-ring (bicyclic) bond motifs is 1. The molecule has 0 spiro atoms. The molecule has 5 rings (SSSR count). The highest BCUT2D eigenvalue weighted by atomic mass is 19.4.